The van der Waals surface area contributed by atoms with E-state index in [1.54, 1.807) is 0 Å². The van der Waals surface area contributed by atoms with Gasteiger partial charge in [-0.2, -0.15) is 11.8 Å². The van der Waals surface area contributed by atoms with Crippen LogP contribution in [0, 0.1) is 0 Å². The van der Waals surface area contributed by atoms with Gasteiger partial charge in [0.15, 0.2) is 0 Å². The van der Waals surface area contributed by atoms with Gasteiger partial charge in [0.25, 0.3) is 0 Å². The Labute approximate surface area is 102 Å². The highest BCUT2D eigenvalue weighted by atomic mass is 32.2. The zero-order chi connectivity index (χ0) is 11.8. The molecule has 0 bridgehead atoms. The molecule has 2 N–H and O–H groups in total. The summed E-state index contributed by atoms with van der Waals surface area (Å²) in [6, 6.07) is 0.0744. The molecule has 1 aliphatic rings. The van der Waals surface area contributed by atoms with Crippen LogP contribution < -0.4 is 10.6 Å². The molecule has 5 heteroatoms. The average Bonchev–Trinajstić information content (AvgIpc) is 2.30. The van der Waals surface area contributed by atoms with Gasteiger partial charge in [0.05, 0.1) is 13.2 Å². The first-order valence-corrected chi connectivity index (χ1v) is 7.08. The normalized spacial score (nSPS) is 22.8. The molecule has 4 nitrogen and oxygen atoms in total. The first-order chi connectivity index (χ1) is 7.74. The maximum atomic E-state index is 11.8. The molecule has 1 aliphatic heterocycles. The van der Waals surface area contributed by atoms with Crippen molar-refractivity contribution in [2.75, 3.05) is 31.3 Å². The summed E-state index contributed by atoms with van der Waals surface area (Å²) < 4.78 is 5.26. The number of carbonyl (C=O) groups excluding carboxylic acids is 1. The van der Waals surface area contributed by atoms with Gasteiger partial charge in [0, 0.05) is 12.6 Å². The summed E-state index contributed by atoms with van der Waals surface area (Å²) in [4.78, 5) is 11.8. The van der Waals surface area contributed by atoms with Gasteiger partial charge in [-0.05, 0) is 24.9 Å². The molecule has 1 rings (SSSR count). The van der Waals surface area contributed by atoms with Crippen LogP contribution in [0.15, 0.2) is 0 Å². The molecule has 1 fully saturated rings. The molecule has 0 spiro atoms. The van der Waals surface area contributed by atoms with Crippen molar-refractivity contribution in [3.05, 3.63) is 0 Å². The maximum Gasteiger partial charge on any atom is 0.239 e. The van der Waals surface area contributed by atoms with Gasteiger partial charge in [0.2, 0.25) is 5.91 Å². The summed E-state index contributed by atoms with van der Waals surface area (Å²) in [7, 11) is 0. The van der Waals surface area contributed by atoms with Crippen LogP contribution in [0.5, 0.6) is 0 Å². The van der Waals surface area contributed by atoms with Crippen LogP contribution in [0.4, 0.5) is 0 Å². The molecule has 16 heavy (non-hydrogen) atoms. The lowest BCUT2D eigenvalue weighted by atomic mass is 10.2. The molecule has 2 atom stereocenters. The second-order valence-corrected chi connectivity index (χ2v) is 5.37. The van der Waals surface area contributed by atoms with Crippen LogP contribution in [0.2, 0.25) is 0 Å². The summed E-state index contributed by atoms with van der Waals surface area (Å²) in [6.45, 7) is 6.15. The lowest BCUT2D eigenvalue weighted by Crippen LogP contribution is -2.52. The Bertz CT molecular complexity index is 208. The molecular formula is C11H22N2O2S. The van der Waals surface area contributed by atoms with E-state index in [1.807, 2.05) is 11.8 Å². The number of rotatable bonds is 6. The molecule has 94 valence electrons. The van der Waals surface area contributed by atoms with Crippen molar-refractivity contribution in [2.45, 2.75) is 32.4 Å². The number of thioether (sulfide) groups is 1. The second kappa shape index (κ2) is 7.92. The number of nitrogens with one attached hydrogen (secondary N) is 2. The Morgan fingerprint density at radius 3 is 3.12 bits per heavy atom. The van der Waals surface area contributed by atoms with Gasteiger partial charge in [-0.1, -0.05) is 6.92 Å². The highest BCUT2D eigenvalue weighted by Gasteiger charge is 2.21. The van der Waals surface area contributed by atoms with E-state index in [1.165, 1.54) is 0 Å². The zero-order valence-electron chi connectivity index (χ0n) is 10.1. The number of amides is 1. The van der Waals surface area contributed by atoms with Crippen LogP contribution >= 0.6 is 11.8 Å². The van der Waals surface area contributed by atoms with Gasteiger partial charge in [-0.25, -0.2) is 0 Å². The fourth-order valence-electron chi connectivity index (χ4n) is 1.55. The predicted molar refractivity (Wildman–Crippen MR) is 67.8 cm³/mol. The summed E-state index contributed by atoms with van der Waals surface area (Å²) in [5.41, 5.74) is 0. The topological polar surface area (TPSA) is 50.4 Å². The SMILES string of the molecule is CCSCCC(C)NC(=O)C1COCCN1. The molecule has 0 aromatic rings. The lowest BCUT2D eigenvalue weighted by molar-refractivity contribution is -0.126. The molecule has 1 saturated heterocycles. The highest BCUT2D eigenvalue weighted by Crippen LogP contribution is 2.04. The van der Waals surface area contributed by atoms with E-state index in [2.05, 4.69) is 24.5 Å². The number of hydrogen-bond acceptors (Lipinski definition) is 4. The second-order valence-electron chi connectivity index (χ2n) is 3.98. The summed E-state index contributed by atoms with van der Waals surface area (Å²) in [5.74, 6) is 2.30. The monoisotopic (exact) mass is 246 g/mol. The minimum atomic E-state index is -0.171. The van der Waals surface area contributed by atoms with E-state index in [9.17, 15) is 4.79 Å². The highest BCUT2D eigenvalue weighted by molar-refractivity contribution is 7.99. The predicted octanol–water partition coefficient (Wildman–Crippen LogP) is 0.623. The fraction of sp³-hybridized carbons (Fsp3) is 0.909. The quantitative estimate of drug-likeness (QED) is 0.675. The van der Waals surface area contributed by atoms with E-state index >= 15 is 0 Å². The third-order valence-electron chi connectivity index (χ3n) is 2.53. The lowest BCUT2D eigenvalue weighted by Gasteiger charge is -2.24. The van der Waals surface area contributed by atoms with E-state index in [0.717, 1.165) is 24.5 Å². The first-order valence-electron chi connectivity index (χ1n) is 5.93. The van der Waals surface area contributed by atoms with Crippen molar-refractivity contribution in [3.63, 3.8) is 0 Å². The third kappa shape index (κ3) is 5.18. The summed E-state index contributed by atoms with van der Waals surface area (Å²) >= 11 is 1.91. The maximum absolute atomic E-state index is 11.8. The van der Waals surface area contributed by atoms with Crippen molar-refractivity contribution < 1.29 is 9.53 Å². The van der Waals surface area contributed by atoms with Crippen LogP contribution in [-0.4, -0.2) is 49.3 Å². The van der Waals surface area contributed by atoms with Crippen molar-refractivity contribution in [3.8, 4) is 0 Å². The minimum absolute atomic E-state index is 0.0636. The van der Waals surface area contributed by atoms with E-state index < -0.39 is 0 Å². The summed E-state index contributed by atoms with van der Waals surface area (Å²) in [5, 5.41) is 6.16. The molecule has 1 amide bonds. The van der Waals surface area contributed by atoms with Crippen molar-refractivity contribution in [2.24, 2.45) is 0 Å². The largest absolute Gasteiger partial charge is 0.378 e. The molecule has 0 aromatic carbocycles. The molecule has 0 aliphatic carbocycles. The summed E-state index contributed by atoms with van der Waals surface area (Å²) in [6.07, 6.45) is 1.03. The molecule has 0 radical (unpaired) electrons. The smallest absolute Gasteiger partial charge is 0.239 e. The van der Waals surface area contributed by atoms with Gasteiger partial charge in [0.1, 0.15) is 6.04 Å². The Balaban J connectivity index is 2.16. The standard InChI is InChI=1S/C11H22N2O2S/c1-3-16-7-4-9(2)13-11(14)10-8-15-6-5-12-10/h9-10,12H,3-8H2,1-2H3,(H,13,14). The molecule has 0 saturated carbocycles. The number of morpholine rings is 1. The van der Waals surface area contributed by atoms with Crippen LogP contribution in [0.1, 0.15) is 20.3 Å². The van der Waals surface area contributed by atoms with E-state index in [4.69, 9.17) is 4.74 Å². The third-order valence-corrected chi connectivity index (χ3v) is 3.46. The van der Waals surface area contributed by atoms with Crippen molar-refractivity contribution >= 4 is 17.7 Å². The zero-order valence-corrected chi connectivity index (χ0v) is 10.9. The number of carbonyl (C=O) groups is 1. The van der Waals surface area contributed by atoms with Gasteiger partial charge in [-0.3, -0.25) is 4.79 Å². The van der Waals surface area contributed by atoms with Crippen LogP contribution in [0.3, 0.4) is 0 Å². The van der Waals surface area contributed by atoms with Gasteiger partial charge in [-0.15, -0.1) is 0 Å². The van der Waals surface area contributed by atoms with Crippen molar-refractivity contribution in [1.29, 1.82) is 0 Å². The Morgan fingerprint density at radius 1 is 1.69 bits per heavy atom. The minimum Gasteiger partial charge on any atom is -0.378 e. The van der Waals surface area contributed by atoms with Crippen molar-refractivity contribution in [1.82, 2.24) is 10.6 Å². The van der Waals surface area contributed by atoms with Crippen LogP contribution in [0.25, 0.3) is 0 Å². The Morgan fingerprint density at radius 2 is 2.50 bits per heavy atom. The number of ether oxygens (including phenoxy) is 1. The molecule has 1 heterocycles. The van der Waals surface area contributed by atoms with E-state index in [0.29, 0.717) is 13.2 Å². The van der Waals surface area contributed by atoms with Crippen LogP contribution in [-0.2, 0) is 9.53 Å². The Kier molecular flexibility index (Phi) is 6.84. The molecular weight excluding hydrogens is 224 g/mol. The average molecular weight is 246 g/mol. The first kappa shape index (κ1) is 13.8. The van der Waals surface area contributed by atoms with Gasteiger partial charge >= 0.3 is 0 Å². The number of hydrogen-bond donors (Lipinski definition) is 2. The van der Waals surface area contributed by atoms with E-state index in [-0.39, 0.29) is 18.0 Å². The molecule has 2 unspecified atom stereocenters. The Hall–Kier alpha value is -0.260. The molecule has 0 aromatic heterocycles. The van der Waals surface area contributed by atoms with Gasteiger partial charge < -0.3 is 15.4 Å². The fourth-order valence-corrected chi connectivity index (χ4v) is 2.36.